The summed E-state index contributed by atoms with van der Waals surface area (Å²) in [6, 6.07) is 15.5. The summed E-state index contributed by atoms with van der Waals surface area (Å²) in [5.41, 5.74) is 1.82. The van der Waals surface area contributed by atoms with Gasteiger partial charge in [0.25, 0.3) is 0 Å². The second kappa shape index (κ2) is 5.19. The molecule has 0 atom stereocenters. The lowest BCUT2D eigenvalue weighted by Gasteiger charge is -2.03. The zero-order valence-electron chi connectivity index (χ0n) is 9.89. The summed E-state index contributed by atoms with van der Waals surface area (Å²) in [4.78, 5) is 9.42. The van der Waals surface area contributed by atoms with E-state index in [1.165, 1.54) is 12.1 Å². The molecule has 0 amide bonds. The van der Waals surface area contributed by atoms with Gasteiger partial charge in [-0.3, -0.25) is 10.1 Å². The second-order valence-electron chi connectivity index (χ2n) is 3.97. The fourth-order valence-corrected chi connectivity index (χ4v) is 2.68. The van der Waals surface area contributed by atoms with Crippen molar-refractivity contribution >= 4 is 9.84 Å². The molecule has 0 N–H and O–H groups in total. The molecule has 0 aromatic heterocycles. The molecular weight excluding hydrogens is 266 g/mol. The third-order valence-corrected chi connectivity index (χ3v) is 4.14. The van der Waals surface area contributed by atoms with Crippen molar-refractivity contribution < 1.29 is 13.3 Å². The zero-order valence-corrected chi connectivity index (χ0v) is 10.7. The number of benzene rings is 2. The van der Waals surface area contributed by atoms with Crippen LogP contribution < -0.4 is 0 Å². The van der Waals surface area contributed by atoms with Crippen molar-refractivity contribution in [3.63, 3.8) is 0 Å². The SMILES string of the molecule is O=[N+]([O-])CS(=O)(=O)c1ccc(-c2ccccc2)cc1. The van der Waals surface area contributed by atoms with Crippen LogP contribution in [0.25, 0.3) is 11.1 Å². The van der Waals surface area contributed by atoms with Gasteiger partial charge in [-0.25, -0.2) is 8.42 Å². The third kappa shape index (κ3) is 3.17. The van der Waals surface area contributed by atoms with Crippen molar-refractivity contribution in [1.29, 1.82) is 0 Å². The highest BCUT2D eigenvalue weighted by atomic mass is 32.2. The highest BCUT2D eigenvalue weighted by Crippen LogP contribution is 2.21. The summed E-state index contributed by atoms with van der Waals surface area (Å²) in [5.74, 6) is -1.09. The van der Waals surface area contributed by atoms with Gasteiger partial charge in [-0.15, -0.1) is 0 Å². The Morgan fingerprint density at radius 1 is 0.895 bits per heavy atom. The smallest absolute Gasteiger partial charge is 0.263 e. The predicted molar refractivity (Wildman–Crippen MR) is 70.9 cm³/mol. The van der Waals surface area contributed by atoms with Gasteiger partial charge in [0.2, 0.25) is 9.84 Å². The van der Waals surface area contributed by atoms with Crippen LogP contribution in [0, 0.1) is 10.1 Å². The molecule has 0 unspecified atom stereocenters. The predicted octanol–water partition coefficient (Wildman–Crippen LogP) is 2.36. The molecule has 19 heavy (non-hydrogen) atoms. The molecule has 98 valence electrons. The molecule has 5 nitrogen and oxygen atoms in total. The molecule has 2 aromatic rings. The first-order valence-corrected chi connectivity index (χ1v) is 7.14. The van der Waals surface area contributed by atoms with E-state index in [4.69, 9.17) is 0 Å². The molecule has 6 heteroatoms. The summed E-state index contributed by atoms with van der Waals surface area (Å²) in [5, 5.41) is 10.3. The molecule has 0 saturated heterocycles. The summed E-state index contributed by atoms with van der Waals surface area (Å²) in [6.45, 7) is 0. The standard InChI is InChI=1S/C13H11NO4S/c15-14(16)10-19(17,18)13-8-6-12(7-9-13)11-4-2-1-3-5-11/h1-9H,10H2. The minimum absolute atomic E-state index is 0.0381. The van der Waals surface area contributed by atoms with Crippen molar-refractivity contribution in [1.82, 2.24) is 0 Å². The topological polar surface area (TPSA) is 77.3 Å². The average Bonchev–Trinajstić information content (AvgIpc) is 2.38. The Bertz CT molecular complexity index is 678. The maximum atomic E-state index is 11.6. The maximum absolute atomic E-state index is 11.6. The number of rotatable bonds is 4. The fourth-order valence-electron chi connectivity index (χ4n) is 1.70. The van der Waals surface area contributed by atoms with Crippen LogP contribution in [0.1, 0.15) is 0 Å². The lowest BCUT2D eigenvalue weighted by atomic mass is 10.1. The normalized spacial score (nSPS) is 11.2. The van der Waals surface area contributed by atoms with E-state index in [1.807, 2.05) is 30.3 Å². The minimum atomic E-state index is -3.86. The van der Waals surface area contributed by atoms with E-state index in [9.17, 15) is 18.5 Å². The molecule has 0 bridgehead atoms. The van der Waals surface area contributed by atoms with Crippen LogP contribution in [-0.2, 0) is 9.84 Å². The van der Waals surface area contributed by atoms with Gasteiger partial charge in [0.15, 0.2) is 0 Å². The van der Waals surface area contributed by atoms with Crippen molar-refractivity contribution in [2.45, 2.75) is 4.90 Å². The van der Waals surface area contributed by atoms with Gasteiger partial charge in [0.05, 0.1) is 4.90 Å². The first kappa shape index (κ1) is 13.2. The molecule has 2 rings (SSSR count). The van der Waals surface area contributed by atoms with Gasteiger partial charge in [0.1, 0.15) is 0 Å². The van der Waals surface area contributed by atoms with Crippen LogP contribution in [0.4, 0.5) is 0 Å². The second-order valence-corrected chi connectivity index (χ2v) is 5.93. The summed E-state index contributed by atoms with van der Waals surface area (Å²) < 4.78 is 23.3. The Labute approximate surface area is 110 Å². The molecule has 0 aliphatic rings. The number of hydrogen-bond donors (Lipinski definition) is 0. The van der Waals surface area contributed by atoms with E-state index in [0.717, 1.165) is 11.1 Å². The molecule has 2 aromatic carbocycles. The van der Waals surface area contributed by atoms with Crippen LogP contribution in [0.3, 0.4) is 0 Å². The Hall–Kier alpha value is -2.21. The van der Waals surface area contributed by atoms with Crippen molar-refractivity contribution in [3.8, 4) is 11.1 Å². The van der Waals surface area contributed by atoms with Crippen molar-refractivity contribution in [3.05, 3.63) is 64.7 Å². The minimum Gasteiger partial charge on any atom is -0.263 e. The number of nitro groups is 1. The van der Waals surface area contributed by atoms with E-state index in [0.29, 0.717) is 0 Å². The van der Waals surface area contributed by atoms with Crippen LogP contribution >= 0.6 is 0 Å². The van der Waals surface area contributed by atoms with Crippen LogP contribution in [0.5, 0.6) is 0 Å². The average molecular weight is 277 g/mol. The van der Waals surface area contributed by atoms with E-state index in [2.05, 4.69) is 0 Å². The molecule has 0 heterocycles. The Balaban J connectivity index is 2.32. The Morgan fingerprint density at radius 3 is 1.95 bits per heavy atom. The van der Waals surface area contributed by atoms with Crippen LogP contribution in [0.2, 0.25) is 0 Å². The monoisotopic (exact) mass is 277 g/mol. The van der Waals surface area contributed by atoms with Crippen LogP contribution in [0.15, 0.2) is 59.5 Å². The molecule has 0 spiro atoms. The quantitative estimate of drug-likeness (QED) is 0.635. The summed E-state index contributed by atoms with van der Waals surface area (Å²) in [7, 11) is -3.86. The highest BCUT2D eigenvalue weighted by molar-refractivity contribution is 7.91. The summed E-state index contributed by atoms with van der Waals surface area (Å²) in [6.07, 6.45) is 0. The number of sulfone groups is 1. The van der Waals surface area contributed by atoms with Gasteiger partial charge >= 0.3 is 5.88 Å². The maximum Gasteiger partial charge on any atom is 0.305 e. The molecular formula is C13H11NO4S. The van der Waals surface area contributed by atoms with E-state index >= 15 is 0 Å². The van der Waals surface area contributed by atoms with E-state index < -0.39 is 20.6 Å². The first-order valence-electron chi connectivity index (χ1n) is 5.49. The van der Waals surface area contributed by atoms with Crippen molar-refractivity contribution in [2.24, 2.45) is 0 Å². The lowest BCUT2D eigenvalue weighted by Crippen LogP contribution is -2.14. The first-order chi connectivity index (χ1) is 8.99. The van der Waals surface area contributed by atoms with Crippen LogP contribution in [-0.4, -0.2) is 19.2 Å². The molecule has 0 radical (unpaired) electrons. The number of hydrogen-bond acceptors (Lipinski definition) is 4. The Kier molecular flexibility index (Phi) is 3.62. The largest absolute Gasteiger partial charge is 0.305 e. The Morgan fingerprint density at radius 2 is 1.42 bits per heavy atom. The summed E-state index contributed by atoms with van der Waals surface area (Å²) >= 11 is 0. The molecule has 0 aliphatic carbocycles. The van der Waals surface area contributed by atoms with Gasteiger partial charge < -0.3 is 0 Å². The van der Waals surface area contributed by atoms with Crippen molar-refractivity contribution in [2.75, 3.05) is 5.88 Å². The molecule has 0 fully saturated rings. The fraction of sp³-hybridized carbons (Fsp3) is 0.0769. The molecule has 0 aliphatic heterocycles. The third-order valence-electron chi connectivity index (χ3n) is 2.60. The van der Waals surface area contributed by atoms with E-state index in [-0.39, 0.29) is 4.90 Å². The highest BCUT2D eigenvalue weighted by Gasteiger charge is 2.20. The van der Waals surface area contributed by atoms with Gasteiger partial charge in [-0.1, -0.05) is 42.5 Å². The van der Waals surface area contributed by atoms with Gasteiger partial charge in [0, 0.05) is 4.92 Å². The zero-order chi connectivity index (χ0) is 13.9. The lowest BCUT2D eigenvalue weighted by molar-refractivity contribution is -0.458. The van der Waals surface area contributed by atoms with Gasteiger partial charge in [-0.2, -0.15) is 0 Å². The van der Waals surface area contributed by atoms with Gasteiger partial charge in [-0.05, 0) is 23.3 Å². The number of nitrogens with zero attached hydrogens (tertiary/aromatic N) is 1. The van der Waals surface area contributed by atoms with E-state index in [1.54, 1.807) is 12.1 Å². The molecule has 0 saturated carbocycles.